The van der Waals surface area contributed by atoms with Crippen LogP contribution < -0.4 is 0 Å². The van der Waals surface area contributed by atoms with E-state index >= 15 is 0 Å². The molecule has 0 unspecified atom stereocenters. The van der Waals surface area contributed by atoms with E-state index in [-0.39, 0.29) is 24.7 Å². The Morgan fingerprint density at radius 1 is 1.43 bits per heavy atom. The molecule has 2 fully saturated rings. The largest absolute Gasteiger partial charge is 0.297 e. The molecule has 2 aliphatic heterocycles. The molecular formula is C17H22F2N2O2. The van der Waals surface area contributed by atoms with E-state index in [1.807, 2.05) is 11.9 Å². The van der Waals surface area contributed by atoms with Crippen molar-refractivity contribution >= 4 is 11.7 Å². The molecule has 0 spiro atoms. The lowest BCUT2D eigenvalue weighted by Crippen LogP contribution is -2.64. The van der Waals surface area contributed by atoms with Crippen LogP contribution in [-0.2, 0) is 9.59 Å². The Hall–Kier alpha value is -1.82. The maximum Gasteiger partial charge on any atom is 0.244 e. The highest BCUT2D eigenvalue weighted by Crippen LogP contribution is 2.39. The zero-order valence-electron chi connectivity index (χ0n) is 13.4. The van der Waals surface area contributed by atoms with Gasteiger partial charge in [-0.25, -0.2) is 13.8 Å². The molecule has 2 rings (SSSR count). The molecule has 2 heterocycles. The number of allylic oxidation sites excluding steroid dienone is 4. The number of hydrogen-bond acceptors (Lipinski definition) is 3. The number of rotatable bonds is 6. The van der Waals surface area contributed by atoms with Crippen LogP contribution in [0.5, 0.6) is 0 Å². The molecular weight excluding hydrogens is 302 g/mol. The molecule has 126 valence electrons. The Morgan fingerprint density at radius 2 is 2.17 bits per heavy atom. The van der Waals surface area contributed by atoms with Crippen LogP contribution in [0.2, 0.25) is 0 Å². The Labute approximate surface area is 135 Å². The summed E-state index contributed by atoms with van der Waals surface area (Å²) in [6, 6.07) is 0. The smallest absolute Gasteiger partial charge is 0.244 e. The highest BCUT2D eigenvalue weighted by molar-refractivity contribution is 6.05. The van der Waals surface area contributed by atoms with E-state index in [0.717, 1.165) is 18.9 Å². The summed E-state index contributed by atoms with van der Waals surface area (Å²) in [6.45, 7) is 4.97. The van der Waals surface area contributed by atoms with E-state index in [4.69, 9.17) is 0 Å². The van der Waals surface area contributed by atoms with Crippen LogP contribution in [-0.4, -0.2) is 47.0 Å². The highest BCUT2D eigenvalue weighted by Gasteiger charge is 2.53. The maximum atomic E-state index is 13.2. The summed E-state index contributed by atoms with van der Waals surface area (Å²) in [5.41, 5.74) is -0.277. The summed E-state index contributed by atoms with van der Waals surface area (Å²) < 4.78 is 25.8. The van der Waals surface area contributed by atoms with Crippen molar-refractivity contribution in [1.82, 2.24) is 10.0 Å². The molecule has 0 aromatic heterocycles. The Morgan fingerprint density at radius 3 is 2.78 bits per heavy atom. The third-order valence-corrected chi connectivity index (χ3v) is 4.58. The molecule has 23 heavy (non-hydrogen) atoms. The molecule has 0 aliphatic carbocycles. The van der Waals surface area contributed by atoms with Gasteiger partial charge in [0.2, 0.25) is 5.91 Å². The van der Waals surface area contributed by atoms with Crippen molar-refractivity contribution in [1.29, 1.82) is 0 Å². The summed E-state index contributed by atoms with van der Waals surface area (Å²) in [6.07, 6.45) is 5.99. The first-order valence-corrected chi connectivity index (χ1v) is 7.82. The normalized spacial score (nSPS) is 26.2. The number of Topliss-reactive ketones (excluding diaryl/α,β-unsaturated/α-hetero) is 1. The van der Waals surface area contributed by atoms with Crippen molar-refractivity contribution in [2.45, 2.75) is 38.1 Å². The molecule has 1 amide bonds. The lowest BCUT2D eigenvalue weighted by atomic mass is 9.85. The van der Waals surface area contributed by atoms with Gasteiger partial charge in [-0.3, -0.25) is 14.6 Å². The maximum absolute atomic E-state index is 13.2. The van der Waals surface area contributed by atoms with Crippen LogP contribution in [0.25, 0.3) is 0 Å². The van der Waals surface area contributed by atoms with Crippen LogP contribution in [0.1, 0.15) is 32.6 Å². The SMILES string of the molecule is C=C(F)/C=C\C=C(/CF)CN1C(=O)CC(=O)[C@@]2(CC)CCCN12. The lowest BCUT2D eigenvalue weighted by Gasteiger charge is -2.47. The van der Waals surface area contributed by atoms with Gasteiger partial charge < -0.3 is 0 Å². The van der Waals surface area contributed by atoms with Gasteiger partial charge in [0.25, 0.3) is 0 Å². The summed E-state index contributed by atoms with van der Waals surface area (Å²) in [4.78, 5) is 24.6. The topological polar surface area (TPSA) is 40.6 Å². The van der Waals surface area contributed by atoms with Crippen molar-refractivity contribution in [2.24, 2.45) is 0 Å². The molecule has 2 saturated heterocycles. The van der Waals surface area contributed by atoms with Crippen molar-refractivity contribution in [3.63, 3.8) is 0 Å². The number of amides is 1. The van der Waals surface area contributed by atoms with Gasteiger partial charge in [-0.15, -0.1) is 0 Å². The average Bonchev–Trinajstić information content (AvgIpc) is 2.95. The van der Waals surface area contributed by atoms with Crippen LogP contribution >= 0.6 is 0 Å². The van der Waals surface area contributed by atoms with Gasteiger partial charge in [0.1, 0.15) is 12.5 Å². The van der Waals surface area contributed by atoms with Gasteiger partial charge >= 0.3 is 0 Å². The molecule has 0 aromatic rings. The minimum atomic E-state index is -0.742. The van der Waals surface area contributed by atoms with E-state index in [1.165, 1.54) is 17.2 Å². The van der Waals surface area contributed by atoms with Crippen LogP contribution in [0.4, 0.5) is 8.78 Å². The van der Waals surface area contributed by atoms with Crippen molar-refractivity contribution in [3.05, 3.63) is 36.2 Å². The number of ketones is 1. The molecule has 0 aromatic carbocycles. The fraction of sp³-hybridized carbons (Fsp3) is 0.529. The van der Waals surface area contributed by atoms with Crippen molar-refractivity contribution < 1.29 is 18.4 Å². The van der Waals surface area contributed by atoms with E-state index in [9.17, 15) is 18.4 Å². The number of alkyl halides is 1. The number of nitrogens with zero attached hydrogens (tertiary/aromatic N) is 2. The minimum absolute atomic E-state index is 0.0434. The standard InChI is InChI=1S/C17H22F2N2O2/c1-3-17-8-5-9-21(17)20(16(23)10-15(17)22)12-14(11-18)7-4-6-13(2)19/h4,6-7H,2-3,5,8-12H2,1H3/b6-4-,14-7+/t17-/m1/s1. The van der Waals surface area contributed by atoms with Gasteiger partial charge in [0.15, 0.2) is 5.78 Å². The second kappa shape index (κ2) is 7.17. The van der Waals surface area contributed by atoms with E-state index < -0.39 is 18.0 Å². The van der Waals surface area contributed by atoms with Gasteiger partial charge in [-0.05, 0) is 30.9 Å². The Kier molecular flexibility index (Phi) is 5.46. The number of fused-ring (bicyclic) bond motifs is 1. The first-order valence-electron chi connectivity index (χ1n) is 7.82. The first-order chi connectivity index (χ1) is 10.9. The second-order valence-electron chi connectivity index (χ2n) is 5.93. The molecule has 6 heteroatoms. The number of hydrogen-bond donors (Lipinski definition) is 0. The molecule has 2 aliphatic rings. The lowest BCUT2D eigenvalue weighted by molar-refractivity contribution is -0.174. The average molecular weight is 324 g/mol. The zero-order chi connectivity index (χ0) is 17.0. The zero-order valence-corrected chi connectivity index (χ0v) is 13.4. The molecule has 4 nitrogen and oxygen atoms in total. The molecule has 1 atom stereocenters. The Bertz CT molecular complexity index is 571. The van der Waals surface area contributed by atoms with Gasteiger partial charge in [0, 0.05) is 6.54 Å². The van der Waals surface area contributed by atoms with Crippen molar-refractivity contribution in [3.8, 4) is 0 Å². The number of hydrazine groups is 1. The van der Waals surface area contributed by atoms with Gasteiger partial charge in [0.05, 0.1) is 18.5 Å². The third kappa shape index (κ3) is 3.42. The predicted molar refractivity (Wildman–Crippen MR) is 83.7 cm³/mol. The predicted octanol–water partition coefficient (Wildman–Crippen LogP) is 2.88. The summed E-state index contributed by atoms with van der Waals surface area (Å²) in [7, 11) is 0. The van der Waals surface area contributed by atoms with Gasteiger partial charge in [-0.2, -0.15) is 0 Å². The minimum Gasteiger partial charge on any atom is -0.297 e. The van der Waals surface area contributed by atoms with Crippen LogP contribution in [0.3, 0.4) is 0 Å². The molecule has 0 saturated carbocycles. The van der Waals surface area contributed by atoms with Crippen LogP contribution in [0, 0.1) is 0 Å². The number of carbonyl (C=O) groups is 2. The first kappa shape index (κ1) is 17.5. The Balaban J connectivity index is 2.21. The van der Waals surface area contributed by atoms with Crippen molar-refractivity contribution in [2.75, 3.05) is 19.8 Å². The van der Waals surface area contributed by atoms with E-state index in [2.05, 4.69) is 6.58 Å². The summed E-state index contributed by atoms with van der Waals surface area (Å²) in [5, 5.41) is 3.30. The fourth-order valence-electron chi connectivity index (χ4n) is 3.38. The van der Waals surface area contributed by atoms with E-state index in [0.29, 0.717) is 18.5 Å². The number of carbonyl (C=O) groups excluding carboxylic acids is 2. The summed E-state index contributed by atoms with van der Waals surface area (Å²) >= 11 is 0. The van der Waals surface area contributed by atoms with Gasteiger partial charge in [-0.1, -0.05) is 25.7 Å². The molecule has 0 N–H and O–H groups in total. The molecule has 0 radical (unpaired) electrons. The highest BCUT2D eigenvalue weighted by atomic mass is 19.1. The quantitative estimate of drug-likeness (QED) is 0.557. The van der Waals surface area contributed by atoms with E-state index in [1.54, 1.807) is 0 Å². The molecule has 0 bridgehead atoms. The number of halogens is 2. The monoisotopic (exact) mass is 324 g/mol. The fourth-order valence-corrected chi connectivity index (χ4v) is 3.38. The van der Waals surface area contributed by atoms with Crippen LogP contribution in [0.15, 0.2) is 36.2 Å². The summed E-state index contributed by atoms with van der Waals surface area (Å²) in [5.74, 6) is -0.971. The second-order valence-corrected chi connectivity index (χ2v) is 5.93. The third-order valence-electron chi connectivity index (χ3n) is 4.58.